The fourth-order valence-corrected chi connectivity index (χ4v) is 2.27. The molecule has 0 aromatic carbocycles. The van der Waals surface area contributed by atoms with Crippen molar-refractivity contribution < 1.29 is 0 Å². The van der Waals surface area contributed by atoms with Crippen molar-refractivity contribution in [2.75, 3.05) is 11.9 Å². The molecule has 2 aromatic heterocycles. The van der Waals surface area contributed by atoms with Gasteiger partial charge in [-0.05, 0) is 37.8 Å². The average molecular weight is 256 g/mol. The Kier molecular flexibility index (Phi) is 3.49. The average Bonchev–Trinajstić information content (AvgIpc) is 2.84. The first-order valence-corrected chi connectivity index (χ1v) is 7.12. The number of pyridine rings is 1. The standard InChI is InChI=1S/C15H20N4/c1-2-9-16-15-8-4-7-14(18-15)12-10-17-19(11-12)13-5-3-6-13/h4,7-8,10-11,13H,2-3,5-6,9H2,1H3,(H,16,18). The van der Waals surface area contributed by atoms with Crippen molar-refractivity contribution in [3.05, 3.63) is 30.6 Å². The van der Waals surface area contributed by atoms with E-state index in [9.17, 15) is 0 Å². The number of aromatic nitrogens is 3. The summed E-state index contributed by atoms with van der Waals surface area (Å²) in [7, 11) is 0. The molecule has 0 saturated heterocycles. The summed E-state index contributed by atoms with van der Waals surface area (Å²) in [6, 6.07) is 6.70. The van der Waals surface area contributed by atoms with Crippen molar-refractivity contribution in [1.29, 1.82) is 0 Å². The molecule has 0 radical (unpaired) electrons. The molecule has 0 atom stereocenters. The van der Waals surface area contributed by atoms with Crippen LogP contribution in [0.5, 0.6) is 0 Å². The fourth-order valence-electron chi connectivity index (χ4n) is 2.27. The fraction of sp³-hybridized carbons (Fsp3) is 0.467. The maximum atomic E-state index is 4.63. The second-order valence-electron chi connectivity index (χ2n) is 5.13. The largest absolute Gasteiger partial charge is 0.370 e. The molecule has 0 bridgehead atoms. The Hall–Kier alpha value is -1.84. The quantitative estimate of drug-likeness (QED) is 0.890. The molecule has 0 unspecified atom stereocenters. The van der Waals surface area contributed by atoms with Gasteiger partial charge >= 0.3 is 0 Å². The third-order valence-corrected chi connectivity index (χ3v) is 3.65. The van der Waals surface area contributed by atoms with Gasteiger partial charge in [-0.1, -0.05) is 13.0 Å². The minimum absolute atomic E-state index is 0.607. The third-order valence-electron chi connectivity index (χ3n) is 3.65. The molecule has 1 N–H and O–H groups in total. The van der Waals surface area contributed by atoms with Gasteiger partial charge in [0.1, 0.15) is 5.82 Å². The molecule has 2 heterocycles. The predicted molar refractivity (Wildman–Crippen MR) is 77.1 cm³/mol. The van der Waals surface area contributed by atoms with Crippen LogP contribution in [0.25, 0.3) is 11.3 Å². The van der Waals surface area contributed by atoms with Crippen molar-refractivity contribution in [2.24, 2.45) is 0 Å². The lowest BCUT2D eigenvalue weighted by Gasteiger charge is -2.25. The van der Waals surface area contributed by atoms with E-state index in [0.717, 1.165) is 30.0 Å². The number of nitrogens with zero attached hydrogens (tertiary/aromatic N) is 3. The molecular weight excluding hydrogens is 236 g/mol. The Balaban J connectivity index is 1.78. The molecule has 1 aliphatic carbocycles. The molecule has 19 heavy (non-hydrogen) atoms. The summed E-state index contributed by atoms with van der Waals surface area (Å²) in [5, 5.41) is 7.78. The van der Waals surface area contributed by atoms with Crippen LogP contribution in [0, 0.1) is 0 Å². The van der Waals surface area contributed by atoms with Gasteiger partial charge < -0.3 is 5.32 Å². The molecule has 0 aliphatic heterocycles. The van der Waals surface area contributed by atoms with E-state index in [2.05, 4.69) is 33.2 Å². The summed E-state index contributed by atoms with van der Waals surface area (Å²) < 4.78 is 2.09. The van der Waals surface area contributed by atoms with Gasteiger partial charge in [-0.25, -0.2) is 4.98 Å². The lowest BCUT2D eigenvalue weighted by atomic mass is 9.93. The number of anilines is 1. The molecule has 1 saturated carbocycles. The zero-order valence-electron chi connectivity index (χ0n) is 11.3. The van der Waals surface area contributed by atoms with Crippen LogP contribution >= 0.6 is 0 Å². The van der Waals surface area contributed by atoms with Crippen molar-refractivity contribution >= 4 is 5.82 Å². The van der Waals surface area contributed by atoms with Crippen molar-refractivity contribution in [3.63, 3.8) is 0 Å². The van der Waals surface area contributed by atoms with E-state index in [1.165, 1.54) is 19.3 Å². The first kappa shape index (κ1) is 12.2. The molecule has 4 nitrogen and oxygen atoms in total. The Morgan fingerprint density at radius 3 is 3.00 bits per heavy atom. The molecule has 2 aromatic rings. The molecule has 1 aliphatic rings. The van der Waals surface area contributed by atoms with Crippen LogP contribution in [0.2, 0.25) is 0 Å². The number of rotatable bonds is 5. The summed E-state index contributed by atoms with van der Waals surface area (Å²) in [5.41, 5.74) is 2.10. The summed E-state index contributed by atoms with van der Waals surface area (Å²) in [4.78, 5) is 4.63. The lowest BCUT2D eigenvalue weighted by Crippen LogP contribution is -2.16. The minimum Gasteiger partial charge on any atom is -0.370 e. The zero-order valence-corrected chi connectivity index (χ0v) is 11.3. The molecule has 0 amide bonds. The van der Waals surface area contributed by atoms with Gasteiger partial charge in [0.25, 0.3) is 0 Å². The van der Waals surface area contributed by atoms with Gasteiger partial charge in [-0.15, -0.1) is 0 Å². The maximum absolute atomic E-state index is 4.63. The summed E-state index contributed by atoms with van der Waals surface area (Å²) >= 11 is 0. The van der Waals surface area contributed by atoms with Gasteiger partial charge in [0.15, 0.2) is 0 Å². The van der Waals surface area contributed by atoms with Crippen molar-refractivity contribution in [2.45, 2.75) is 38.6 Å². The van der Waals surface area contributed by atoms with E-state index in [1.54, 1.807) is 0 Å². The SMILES string of the molecule is CCCNc1cccc(-c2cnn(C3CCC3)c2)n1. The first-order chi connectivity index (χ1) is 9.36. The summed E-state index contributed by atoms with van der Waals surface area (Å²) in [5.74, 6) is 0.941. The van der Waals surface area contributed by atoms with Gasteiger partial charge in [0.05, 0.1) is 17.9 Å². The Bertz CT molecular complexity index is 543. The third kappa shape index (κ3) is 2.62. The molecule has 3 rings (SSSR count). The highest BCUT2D eigenvalue weighted by molar-refractivity contribution is 5.59. The molecule has 100 valence electrons. The van der Waals surface area contributed by atoms with Gasteiger partial charge in [-0.3, -0.25) is 4.68 Å². The molecule has 4 heteroatoms. The Morgan fingerprint density at radius 1 is 1.37 bits per heavy atom. The maximum Gasteiger partial charge on any atom is 0.126 e. The molecule has 1 fully saturated rings. The topological polar surface area (TPSA) is 42.7 Å². The van der Waals surface area contributed by atoms with Crippen molar-refractivity contribution in [1.82, 2.24) is 14.8 Å². The van der Waals surface area contributed by atoms with Crippen LogP contribution in [0.4, 0.5) is 5.82 Å². The predicted octanol–water partition coefficient (Wildman–Crippen LogP) is 3.49. The van der Waals surface area contributed by atoms with E-state index >= 15 is 0 Å². The first-order valence-electron chi connectivity index (χ1n) is 7.12. The highest BCUT2D eigenvalue weighted by Gasteiger charge is 2.20. The Labute approximate surface area is 113 Å². The second kappa shape index (κ2) is 5.43. The smallest absolute Gasteiger partial charge is 0.126 e. The van der Waals surface area contributed by atoms with Gasteiger partial charge in [0, 0.05) is 18.3 Å². The normalized spacial score (nSPS) is 15.2. The Morgan fingerprint density at radius 2 is 2.26 bits per heavy atom. The summed E-state index contributed by atoms with van der Waals surface area (Å²) in [6.07, 6.45) is 8.99. The molecule has 0 spiro atoms. The summed E-state index contributed by atoms with van der Waals surface area (Å²) in [6.45, 7) is 3.11. The van der Waals surface area contributed by atoms with E-state index < -0.39 is 0 Å². The second-order valence-corrected chi connectivity index (χ2v) is 5.13. The van der Waals surface area contributed by atoms with Crippen LogP contribution in [-0.2, 0) is 0 Å². The molecular formula is C15H20N4. The van der Waals surface area contributed by atoms with E-state index in [1.807, 2.05) is 24.4 Å². The van der Waals surface area contributed by atoms with Crippen LogP contribution in [0.1, 0.15) is 38.6 Å². The number of hydrogen-bond acceptors (Lipinski definition) is 3. The monoisotopic (exact) mass is 256 g/mol. The lowest BCUT2D eigenvalue weighted by molar-refractivity contribution is 0.289. The van der Waals surface area contributed by atoms with Gasteiger partial charge in [-0.2, -0.15) is 5.10 Å². The van der Waals surface area contributed by atoms with Crippen LogP contribution < -0.4 is 5.32 Å². The van der Waals surface area contributed by atoms with Crippen molar-refractivity contribution in [3.8, 4) is 11.3 Å². The highest BCUT2D eigenvalue weighted by Crippen LogP contribution is 2.32. The van der Waals surface area contributed by atoms with Gasteiger partial charge in [0.2, 0.25) is 0 Å². The van der Waals surface area contributed by atoms with Crippen LogP contribution in [-0.4, -0.2) is 21.3 Å². The van der Waals surface area contributed by atoms with Crippen LogP contribution in [0.3, 0.4) is 0 Å². The van der Waals surface area contributed by atoms with Crippen LogP contribution in [0.15, 0.2) is 30.6 Å². The highest BCUT2D eigenvalue weighted by atomic mass is 15.3. The zero-order chi connectivity index (χ0) is 13.1. The van der Waals surface area contributed by atoms with E-state index in [0.29, 0.717) is 6.04 Å². The van der Waals surface area contributed by atoms with E-state index in [4.69, 9.17) is 0 Å². The van der Waals surface area contributed by atoms with E-state index in [-0.39, 0.29) is 0 Å². The minimum atomic E-state index is 0.607. The number of nitrogens with one attached hydrogen (secondary N) is 1. The number of hydrogen-bond donors (Lipinski definition) is 1.